The number of aromatic nitrogens is 4. The van der Waals surface area contributed by atoms with Crippen LogP contribution in [0.15, 0.2) is 35.4 Å². The first-order valence-electron chi connectivity index (χ1n) is 10.6. The summed E-state index contributed by atoms with van der Waals surface area (Å²) in [4.78, 5) is 29.9. The molecule has 10 nitrogen and oxygen atoms in total. The Kier molecular flexibility index (Phi) is 5.75. The van der Waals surface area contributed by atoms with Crippen LogP contribution in [0.1, 0.15) is 43.1 Å². The van der Waals surface area contributed by atoms with Gasteiger partial charge in [0.15, 0.2) is 11.2 Å². The Morgan fingerprint density at radius 1 is 1.35 bits per heavy atom. The SMILES string of the molecule is CNc1cc(Nc2cccn(C(C)C)c2=O)nc2c(C(=O)N[C@H]3CC[C@@]3(O)C(F)(F)F)cnn12. The molecule has 0 unspecified atom stereocenters. The van der Waals surface area contributed by atoms with Crippen LogP contribution in [0.4, 0.5) is 30.5 Å². The number of alkyl halides is 3. The van der Waals surface area contributed by atoms with Crippen LogP contribution < -0.4 is 21.5 Å². The molecule has 3 aromatic heterocycles. The number of nitrogens with zero attached hydrogens (tertiary/aromatic N) is 4. The highest BCUT2D eigenvalue weighted by Gasteiger charge is 2.64. The Morgan fingerprint density at radius 3 is 2.68 bits per heavy atom. The second-order valence-electron chi connectivity index (χ2n) is 8.41. The molecule has 0 spiro atoms. The van der Waals surface area contributed by atoms with Gasteiger partial charge < -0.3 is 25.6 Å². The number of hydrogen-bond donors (Lipinski definition) is 4. The molecular formula is C21H24F3N7O3. The molecule has 1 amide bonds. The Morgan fingerprint density at radius 2 is 2.09 bits per heavy atom. The van der Waals surface area contributed by atoms with Gasteiger partial charge in [0.05, 0.1) is 12.2 Å². The number of aliphatic hydroxyl groups is 1. The first kappa shape index (κ1) is 23.5. The van der Waals surface area contributed by atoms with Crippen molar-refractivity contribution in [2.45, 2.75) is 50.6 Å². The van der Waals surface area contributed by atoms with E-state index in [0.29, 0.717) is 5.82 Å². The maximum Gasteiger partial charge on any atom is 0.419 e. The second-order valence-corrected chi connectivity index (χ2v) is 8.41. The number of rotatable bonds is 6. The van der Waals surface area contributed by atoms with Crippen LogP contribution in [0.5, 0.6) is 0 Å². The Hall–Kier alpha value is -3.61. The predicted octanol–water partition coefficient (Wildman–Crippen LogP) is 2.44. The second kappa shape index (κ2) is 8.31. The number of anilines is 3. The topological polar surface area (TPSA) is 126 Å². The van der Waals surface area contributed by atoms with Gasteiger partial charge in [0.2, 0.25) is 0 Å². The highest BCUT2D eigenvalue weighted by molar-refractivity contribution is 6.00. The van der Waals surface area contributed by atoms with Crippen molar-refractivity contribution in [2.75, 3.05) is 17.7 Å². The molecule has 0 aromatic carbocycles. The van der Waals surface area contributed by atoms with Crippen LogP contribution in [0.25, 0.3) is 5.65 Å². The smallest absolute Gasteiger partial charge is 0.379 e. The van der Waals surface area contributed by atoms with Gasteiger partial charge in [-0.05, 0) is 38.8 Å². The lowest BCUT2D eigenvalue weighted by atomic mass is 9.74. The molecule has 3 aromatic rings. The zero-order valence-electron chi connectivity index (χ0n) is 18.6. The third-order valence-corrected chi connectivity index (χ3v) is 5.95. The van der Waals surface area contributed by atoms with Crippen LogP contribution in [0.2, 0.25) is 0 Å². The molecular weight excluding hydrogens is 455 g/mol. The van der Waals surface area contributed by atoms with E-state index in [-0.39, 0.29) is 40.7 Å². The fraction of sp³-hybridized carbons (Fsp3) is 0.429. The first-order valence-corrected chi connectivity index (χ1v) is 10.6. The maximum atomic E-state index is 13.2. The summed E-state index contributed by atoms with van der Waals surface area (Å²) in [5.41, 5.74) is -3.00. The van der Waals surface area contributed by atoms with Crippen molar-refractivity contribution in [1.82, 2.24) is 24.5 Å². The molecule has 13 heteroatoms. The van der Waals surface area contributed by atoms with E-state index < -0.39 is 30.1 Å². The molecule has 4 rings (SSSR count). The number of nitrogens with one attached hydrogen (secondary N) is 3. The summed E-state index contributed by atoms with van der Waals surface area (Å²) in [6.45, 7) is 3.74. The third-order valence-electron chi connectivity index (χ3n) is 5.95. The number of pyridine rings is 1. The molecule has 0 radical (unpaired) electrons. The summed E-state index contributed by atoms with van der Waals surface area (Å²) >= 11 is 0. The lowest BCUT2D eigenvalue weighted by molar-refractivity contribution is -0.296. The molecule has 1 fully saturated rings. The molecule has 0 aliphatic heterocycles. The fourth-order valence-corrected chi connectivity index (χ4v) is 3.84. The molecule has 1 saturated carbocycles. The molecule has 3 heterocycles. The van der Waals surface area contributed by atoms with Crippen LogP contribution in [-0.4, -0.2) is 55.0 Å². The monoisotopic (exact) mass is 479 g/mol. The van der Waals surface area contributed by atoms with Crippen molar-refractivity contribution in [3.63, 3.8) is 0 Å². The minimum atomic E-state index is -4.86. The number of amides is 1. The maximum absolute atomic E-state index is 13.2. The molecule has 34 heavy (non-hydrogen) atoms. The third kappa shape index (κ3) is 3.85. The molecule has 4 N–H and O–H groups in total. The predicted molar refractivity (Wildman–Crippen MR) is 118 cm³/mol. The summed E-state index contributed by atoms with van der Waals surface area (Å²) in [6.07, 6.45) is -2.52. The van der Waals surface area contributed by atoms with Gasteiger partial charge in [-0.2, -0.15) is 22.8 Å². The summed E-state index contributed by atoms with van der Waals surface area (Å²) in [5.74, 6) is -0.210. The minimum absolute atomic E-state index is 0.0148. The quantitative estimate of drug-likeness (QED) is 0.428. The van der Waals surface area contributed by atoms with Crippen molar-refractivity contribution in [3.8, 4) is 0 Å². The molecule has 1 aliphatic rings. The normalized spacial score (nSPS) is 20.3. The van der Waals surface area contributed by atoms with Gasteiger partial charge in [0, 0.05) is 25.4 Å². The number of hydrogen-bond acceptors (Lipinski definition) is 7. The summed E-state index contributed by atoms with van der Waals surface area (Å²) in [7, 11) is 1.62. The van der Waals surface area contributed by atoms with Gasteiger partial charge in [-0.1, -0.05) is 0 Å². The standard InChI is InChI=1S/C21H24F3N7O3/c1-11(2)30-8-4-5-13(19(30)33)27-15-9-16(25-3)31-17(29-15)12(10-26-31)18(32)28-14-6-7-20(14,34)21(22,23)24/h4-5,8-11,14,25,34H,6-7H2,1-3H3,(H,27,29)(H,28,32)/t14-,20-/m0/s1. The molecule has 0 bridgehead atoms. The summed E-state index contributed by atoms with van der Waals surface area (Å²) < 4.78 is 42.4. The van der Waals surface area contributed by atoms with E-state index in [1.807, 2.05) is 13.8 Å². The highest BCUT2D eigenvalue weighted by atomic mass is 19.4. The van der Waals surface area contributed by atoms with E-state index in [4.69, 9.17) is 0 Å². The number of halogens is 3. The largest absolute Gasteiger partial charge is 0.419 e. The Labute approximate surface area is 191 Å². The Bertz CT molecular complexity index is 1300. The van der Waals surface area contributed by atoms with Gasteiger partial charge >= 0.3 is 6.18 Å². The summed E-state index contributed by atoms with van der Waals surface area (Å²) in [6, 6.07) is 3.33. The van der Waals surface area contributed by atoms with Crippen LogP contribution in [-0.2, 0) is 0 Å². The van der Waals surface area contributed by atoms with Crippen LogP contribution in [0.3, 0.4) is 0 Å². The van der Waals surface area contributed by atoms with E-state index >= 15 is 0 Å². The Balaban J connectivity index is 1.67. The lowest BCUT2D eigenvalue weighted by Gasteiger charge is -2.46. The van der Waals surface area contributed by atoms with Crippen molar-refractivity contribution >= 4 is 28.9 Å². The molecule has 0 saturated heterocycles. The van der Waals surface area contributed by atoms with E-state index in [1.165, 1.54) is 15.3 Å². The highest BCUT2D eigenvalue weighted by Crippen LogP contribution is 2.45. The average Bonchev–Trinajstić information content (AvgIpc) is 3.20. The molecule has 2 atom stereocenters. The van der Waals surface area contributed by atoms with Crippen LogP contribution in [0, 0.1) is 0 Å². The van der Waals surface area contributed by atoms with Gasteiger partial charge in [-0.25, -0.2) is 4.98 Å². The van der Waals surface area contributed by atoms with Crippen molar-refractivity contribution < 1.29 is 23.1 Å². The van der Waals surface area contributed by atoms with E-state index in [2.05, 4.69) is 26.0 Å². The van der Waals surface area contributed by atoms with Gasteiger partial charge in [0.25, 0.3) is 11.5 Å². The fourth-order valence-electron chi connectivity index (χ4n) is 3.84. The van der Waals surface area contributed by atoms with Crippen LogP contribution >= 0.6 is 0 Å². The number of fused-ring (bicyclic) bond motifs is 1. The van der Waals surface area contributed by atoms with Gasteiger partial charge in [0.1, 0.15) is 22.9 Å². The van der Waals surface area contributed by atoms with Gasteiger partial charge in [-0.15, -0.1) is 0 Å². The van der Waals surface area contributed by atoms with Gasteiger partial charge in [-0.3, -0.25) is 9.59 Å². The lowest BCUT2D eigenvalue weighted by Crippen LogP contribution is -2.67. The average molecular weight is 479 g/mol. The van der Waals surface area contributed by atoms with Crippen molar-refractivity contribution in [2.24, 2.45) is 0 Å². The van der Waals surface area contributed by atoms with Crippen molar-refractivity contribution in [3.05, 3.63) is 46.5 Å². The number of carbonyl (C=O) groups excluding carboxylic acids is 1. The first-order chi connectivity index (χ1) is 16.0. The molecule has 1 aliphatic carbocycles. The zero-order valence-corrected chi connectivity index (χ0v) is 18.6. The van der Waals surface area contributed by atoms with E-state index in [1.54, 1.807) is 31.4 Å². The van der Waals surface area contributed by atoms with E-state index in [9.17, 15) is 27.9 Å². The number of carbonyl (C=O) groups is 1. The van der Waals surface area contributed by atoms with Crippen molar-refractivity contribution in [1.29, 1.82) is 0 Å². The molecule has 182 valence electrons. The minimum Gasteiger partial charge on any atom is -0.379 e. The summed E-state index contributed by atoms with van der Waals surface area (Å²) in [5, 5.41) is 22.1. The van der Waals surface area contributed by atoms with E-state index in [0.717, 1.165) is 0 Å². The zero-order chi connectivity index (χ0) is 24.8.